The summed E-state index contributed by atoms with van der Waals surface area (Å²) in [7, 11) is 0. The van der Waals surface area contributed by atoms with Crippen LogP contribution in [0.4, 0.5) is 5.69 Å². The van der Waals surface area contributed by atoms with Crippen molar-refractivity contribution in [2.45, 2.75) is 32.0 Å². The van der Waals surface area contributed by atoms with Gasteiger partial charge in [0.1, 0.15) is 5.75 Å². The zero-order chi connectivity index (χ0) is 13.1. The van der Waals surface area contributed by atoms with Crippen molar-refractivity contribution in [2.75, 3.05) is 5.32 Å². The summed E-state index contributed by atoms with van der Waals surface area (Å²) in [5.74, 6) is -0.845. The Bertz CT molecular complexity index is 403. The lowest BCUT2D eigenvalue weighted by Crippen LogP contribution is -2.46. The molecule has 1 amide bonds. The molecule has 0 spiro atoms. The smallest absolute Gasteiger partial charge is 0.256 e. The van der Waals surface area contributed by atoms with Crippen molar-refractivity contribution >= 4 is 11.6 Å². The van der Waals surface area contributed by atoms with Gasteiger partial charge in [0, 0.05) is 0 Å². The Kier molecular flexibility index (Phi) is 4.09. The summed E-state index contributed by atoms with van der Waals surface area (Å²) in [5.41, 5.74) is -1.29. The highest BCUT2D eigenvalue weighted by Gasteiger charge is 2.34. The van der Waals surface area contributed by atoms with Crippen LogP contribution >= 0.6 is 0 Å². The first kappa shape index (κ1) is 13.5. The van der Waals surface area contributed by atoms with Crippen LogP contribution in [-0.4, -0.2) is 32.9 Å². The molecule has 5 heteroatoms. The van der Waals surface area contributed by atoms with E-state index in [4.69, 9.17) is 0 Å². The largest absolute Gasteiger partial charge is 0.506 e. The number of phenolic OH excluding ortho intramolecular Hbond substituents is 1. The van der Waals surface area contributed by atoms with Crippen LogP contribution in [0.15, 0.2) is 24.3 Å². The van der Waals surface area contributed by atoms with Crippen molar-refractivity contribution in [1.82, 2.24) is 0 Å². The summed E-state index contributed by atoms with van der Waals surface area (Å²) in [6.45, 7) is 3.04. The summed E-state index contributed by atoms with van der Waals surface area (Å²) in [6, 6.07) is 6.17. The van der Waals surface area contributed by atoms with Gasteiger partial charge < -0.3 is 20.6 Å². The third-order valence-electron chi connectivity index (χ3n) is 2.72. The Morgan fingerprint density at radius 3 is 2.59 bits per heavy atom. The highest BCUT2D eigenvalue weighted by Crippen LogP contribution is 2.23. The first-order valence-corrected chi connectivity index (χ1v) is 5.37. The molecular weight excluding hydrogens is 222 g/mol. The number of hydrogen-bond donors (Lipinski definition) is 4. The normalized spacial score (nSPS) is 16.0. The molecule has 0 aliphatic heterocycles. The zero-order valence-corrected chi connectivity index (χ0v) is 9.84. The molecule has 1 aromatic carbocycles. The highest BCUT2D eigenvalue weighted by molar-refractivity contribution is 5.95. The van der Waals surface area contributed by atoms with Crippen molar-refractivity contribution < 1.29 is 20.1 Å². The van der Waals surface area contributed by atoms with Crippen LogP contribution < -0.4 is 5.32 Å². The van der Waals surface area contributed by atoms with Gasteiger partial charge in [0.25, 0.3) is 5.91 Å². The minimum absolute atomic E-state index is 0.0933. The summed E-state index contributed by atoms with van der Waals surface area (Å²) < 4.78 is 0. The molecule has 0 aliphatic carbocycles. The molecular formula is C12H17NO4. The highest BCUT2D eigenvalue weighted by atomic mass is 16.3. The van der Waals surface area contributed by atoms with Gasteiger partial charge >= 0.3 is 0 Å². The van der Waals surface area contributed by atoms with Crippen LogP contribution in [0.5, 0.6) is 5.75 Å². The lowest BCUT2D eigenvalue weighted by molar-refractivity contribution is -0.138. The van der Waals surface area contributed by atoms with Crippen molar-refractivity contribution in [2.24, 2.45) is 0 Å². The molecule has 0 radical (unpaired) electrons. The van der Waals surface area contributed by atoms with Gasteiger partial charge in [-0.1, -0.05) is 19.1 Å². The predicted molar refractivity (Wildman–Crippen MR) is 63.7 cm³/mol. The van der Waals surface area contributed by atoms with Gasteiger partial charge in [-0.3, -0.25) is 4.79 Å². The molecule has 0 saturated carbocycles. The van der Waals surface area contributed by atoms with Gasteiger partial charge in [-0.2, -0.15) is 0 Å². The number of carbonyl (C=O) groups is 1. The molecule has 1 aromatic rings. The molecule has 0 heterocycles. The molecule has 0 fully saturated rings. The van der Waals surface area contributed by atoms with Gasteiger partial charge in [-0.25, -0.2) is 0 Å². The molecule has 2 unspecified atom stereocenters. The van der Waals surface area contributed by atoms with Gasteiger partial charge in [0.05, 0.1) is 11.3 Å². The molecule has 1 rings (SSSR count). The molecule has 0 saturated heterocycles. The average Bonchev–Trinajstić information content (AvgIpc) is 2.31. The molecule has 94 valence electrons. The Morgan fingerprint density at radius 2 is 2.06 bits per heavy atom. The Labute approximate surface area is 99.7 Å². The standard InChI is InChI=1S/C12H17NO4/c1-3-12(2,17)10(15)11(16)13-8-6-4-5-7-9(8)14/h4-7,10,14-15,17H,3H2,1-2H3,(H,13,16). The van der Waals surface area contributed by atoms with Crippen LogP contribution in [0, 0.1) is 0 Å². The van der Waals surface area contributed by atoms with Crippen molar-refractivity contribution in [3.8, 4) is 5.75 Å². The van der Waals surface area contributed by atoms with Gasteiger partial charge in [0.2, 0.25) is 0 Å². The number of amides is 1. The summed E-state index contributed by atoms with van der Waals surface area (Å²) in [4.78, 5) is 11.6. The lowest BCUT2D eigenvalue weighted by Gasteiger charge is -2.26. The molecule has 0 aromatic heterocycles. The fraction of sp³-hybridized carbons (Fsp3) is 0.417. The first-order chi connectivity index (χ1) is 7.88. The van der Waals surface area contributed by atoms with Crippen LogP contribution in [0.25, 0.3) is 0 Å². The second kappa shape index (κ2) is 5.16. The maximum Gasteiger partial charge on any atom is 0.256 e. The van der Waals surface area contributed by atoms with Gasteiger partial charge in [-0.15, -0.1) is 0 Å². The summed E-state index contributed by atoms with van der Waals surface area (Å²) >= 11 is 0. The SMILES string of the molecule is CCC(C)(O)C(O)C(=O)Nc1ccccc1O. The molecule has 4 N–H and O–H groups in total. The van der Waals surface area contributed by atoms with Gasteiger partial charge in [-0.05, 0) is 25.5 Å². The van der Waals surface area contributed by atoms with Crippen LogP contribution in [0.2, 0.25) is 0 Å². The van der Waals surface area contributed by atoms with E-state index in [1.165, 1.54) is 19.1 Å². The second-order valence-electron chi connectivity index (χ2n) is 4.12. The first-order valence-electron chi connectivity index (χ1n) is 5.37. The number of aromatic hydroxyl groups is 1. The molecule has 5 nitrogen and oxygen atoms in total. The average molecular weight is 239 g/mol. The number of hydrogen-bond acceptors (Lipinski definition) is 4. The van der Waals surface area contributed by atoms with Crippen LogP contribution in [-0.2, 0) is 4.79 Å². The number of phenols is 1. The van der Waals surface area contributed by atoms with E-state index in [9.17, 15) is 20.1 Å². The number of nitrogens with one attached hydrogen (secondary N) is 1. The predicted octanol–water partition coefficient (Wildman–Crippen LogP) is 0.853. The number of benzene rings is 1. The topological polar surface area (TPSA) is 89.8 Å². The number of para-hydroxylation sites is 2. The minimum atomic E-state index is -1.55. The molecule has 0 aliphatic rings. The Hall–Kier alpha value is -1.59. The van der Waals surface area contributed by atoms with Crippen LogP contribution in [0.1, 0.15) is 20.3 Å². The maximum atomic E-state index is 11.6. The molecule has 17 heavy (non-hydrogen) atoms. The number of aliphatic hydroxyl groups is 2. The Balaban J connectivity index is 2.77. The number of aliphatic hydroxyl groups excluding tert-OH is 1. The Morgan fingerprint density at radius 1 is 1.47 bits per heavy atom. The quantitative estimate of drug-likeness (QED) is 0.586. The van der Waals surface area contributed by atoms with Crippen molar-refractivity contribution in [3.05, 3.63) is 24.3 Å². The van der Waals surface area contributed by atoms with E-state index in [1.54, 1.807) is 19.1 Å². The maximum absolute atomic E-state index is 11.6. The third kappa shape index (κ3) is 3.18. The van der Waals surface area contributed by atoms with E-state index in [0.717, 1.165) is 0 Å². The van der Waals surface area contributed by atoms with Crippen molar-refractivity contribution in [1.29, 1.82) is 0 Å². The zero-order valence-electron chi connectivity index (χ0n) is 9.84. The van der Waals surface area contributed by atoms with Crippen molar-refractivity contribution in [3.63, 3.8) is 0 Å². The molecule has 2 atom stereocenters. The number of anilines is 1. The van der Waals surface area contributed by atoms with Crippen LogP contribution in [0.3, 0.4) is 0 Å². The lowest BCUT2D eigenvalue weighted by atomic mass is 9.95. The number of carbonyl (C=O) groups excluding carboxylic acids is 1. The summed E-state index contributed by atoms with van der Waals surface area (Å²) in [5, 5.41) is 31.2. The van der Waals surface area contributed by atoms with E-state index in [2.05, 4.69) is 5.32 Å². The molecule has 0 bridgehead atoms. The minimum Gasteiger partial charge on any atom is -0.506 e. The third-order valence-corrected chi connectivity index (χ3v) is 2.72. The summed E-state index contributed by atoms with van der Waals surface area (Å²) in [6.07, 6.45) is -1.31. The van der Waals surface area contributed by atoms with E-state index >= 15 is 0 Å². The van der Waals surface area contributed by atoms with Gasteiger partial charge in [0.15, 0.2) is 6.10 Å². The fourth-order valence-corrected chi connectivity index (χ4v) is 1.26. The van der Waals surface area contributed by atoms with E-state index in [0.29, 0.717) is 0 Å². The number of rotatable bonds is 4. The van der Waals surface area contributed by atoms with E-state index in [-0.39, 0.29) is 17.9 Å². The second-order valence-corrected chi connectivity index (χ2v) is 4.12. The van der Waals surface area contributed by atoms with E-state index < -0.39 is 17.6 Å². The monoisotopic (exact) mass is 239 g/mol. The fourth-order valence-electron chi connectivity index (χ4n) is 1.26. The van der Waals surface area contributed by atoms with E-state index in [1.807, 2.05) is 0 Å².